The lowest BCUT2D eigenvalue weighted by Crippen LogP contribution is -2.62. The summed E-state index contributed by atoms with van der Waals surface area (Å²) in [6, 6.07) is 6.80. The Morgan fingerprint density at radius 3 is 2.73 bits per heavy atom. The molecule has 2 aliphatic rings. The number of anilines is 1. The predicted molar refractivity (Wildman–Crippen MR) is 117 cm³/mol. The number of hydrogen-bond acceptors (Lipinski definition) is 8. The van der Waals surface area contributed by atoms with Crippen LogP contribution in [0.2, 0.25) is 0 Å². The van der Waals surface area contributed by atoms with Gasteiger partial charge in [-0.1, -0.05) is 0 Å². The van der Waals surface area contributed by atoms with Crippen LogP contribution in [0.1, 0.15) is 23.1 Å². The summed E-state index contributed by atoms with van der Waals surface area (Å²) in [4.78, 5) is 29.6. The zero-order valence-electron chi connectivity index (χ0n) is 17.6. The molecule has 1 aromatic heterocycles. The Hall–Kier alpha value is -3.96. The predicted octanol–water partition coefficient (Wildman–Crippen LogP) is 3.01. The number of rotatable bonds is 5. The molecule has 1 saturated heterocycles. The van der Waals surface area contributed by atoms with Crippen molar-refractivity contribution in [1.82, 2.24) is 15.1 Å². The van der Waals surface area contributed by atoms with Crippen LogP contribution < -0.4 is 9.64 Å². The van der Waals surface area contributed by atoms with E-state index in [1.54, 1.807) is 19.1 Å². The van der Waals surface area contributed by atoms with Crippen molar-refractivity contribution in [2.45, 2.75) is 24.6 Å². The van der Waals surface area contributed by atoms with Crippen LogP contribution in [0, 0.1) is 35.4 Å². The van der Waals surface area contributed by atoms with E-state index in [2.05, 4.69) is 10.2 Å². The number of hydrogen-bond donors (Lipinski definition) is 0. The first-order valence-corrected chi connectivity index (χ1v) is 10.7. The number of aromatic nitrogens is 2. The summed E-state index contributed by atoms with van der Waals surface area (Å²) in [5, 5.41) is 25.7. The first-order valence-electron chi connectivity index (χ1n) is 9.87. The topological polar surface area (TPSA) is 123 Å². The Balaban J connectivity index is 1.78. The molecule has 4 rings (SSSR count). The molecule has 2 aliphatic heterocycles. The molecule has 1 fully saturated rings. The highest BCUT2D eigenvalue weighted by atomic mass is 32.2. The quantitative estimate of drug-likeness (QED) is 0.662. The van der Waals surface area contributed by atoms with E-state index in [9.17, 15) is 19.2 Å². The van der Waals surface area contributed by atoms with Gasteiger partial charge < -0.3 is 9.64 Å². The van der Waals surface area contributed by atoms with E-state index in [1.165, 1.54) is 36.0 Å². The highest BCUT2D eigenvalue weighted by Crippen LogP contribution is 2.46. The van der Waals surface area contributed by atoms with E-state index in [1.807, 2.05) is 12.1 Å². The molecule has 0 radical (unpaired) electrons. The van der Waals surface area contributed by atoms with Crippen molar-refractivity contribution in [3.05, 3.63) is 53.0 Å². The van der Waals surface area contributed by atoms with Crippen molar-refractivity contribution in [1.29, 1.82) is 10.5 Å². The minimum absolute atomic E-state index is 0.0410. The summed E-state index contributed by atoms with van der Waals surface area (Å²) in [6.45, 7) is 1.87. The molecule has 3 heterocycles. The standard InChI is InChI=1S/C22H17FN6O3S/c1-12-6-19(27-26-11-12)29-21(30)20-16(28(22(29)31)5-3-4-24)9-18(33-20)14-8-17(32-2)15(23)7-13(14)10-25/h6-9,11,16,20H,3,5H2,1-2H3. The highest BCUT2D eigenvalue weighted by Gasteiger charge is 2.50. The average molecular weight is 464 g/mol. The van der Waals surface area contributed by atoms with Crippen molar-refractivity contribution in [2.75, 3.05) is 18.6 Å². The molecule has 0 bridgehead atoms. The maximum Gasteiger partial charge on any atom is 0.333 e. The van der Waals surface area contributed by atoms with Gasteiger partial charge in [0, 0.05) is 17.0 Å². The monoisotopic (exact) mass is 464 g/mol. The SMILES string of the molecule is COc1cc(C2=CC3C(S2)C(=O)N(c2cc(C)cnn2)C(=O)N3CCC#N)c(C#N)cc1F. The van der Waals surface area contributed by atoms with Crippen LogP contribution in [0.4, 0.5) is 15.0 Å². The molecule has 166 valence electrons. The van der Waals surface area contributed by atoms with Gasteiger partial charge in [0.25, 0.3) is 5.91 Å². The molecule has 3 amide bonds. The number of aryl methyl sites for hydroxylation is 1. The summed E-state index contributed by atoms with van der Waals surface area (Å²) in [5.41, 5.74) is 1.20. The first kappa shape index (κ1) is 22.2. The molecule has 1 aromatic carbocycles. The Labute approximate surface area is 193 Å². The minimum Gasteiger partial charge on any atom is -0.494 e. The molecule has 0 saturated carbocycles. The summed E-state index contributed by atoms with van der Waals surface area (Å²) in [7, 11) is 1.32. The fraction of sp³-hybridized carbons (Fsp3) is 0.273. The number of amides is 3. The molecule has 9 nitrogen and oxygen atoms in total. The van der Waals surface area contributed by atoms with E-state index in [0.29, 0.717) is 10.5 Å². The Morgan fingerprint density at radius 2 is 2.06 bits per heavy atom. The number of urea groups is 1. The third-order valence-electron chi connectivity index (χ3n) is 5.30. The van der Waals surface area contributed by atoms with Gasteiger partial charge in [-0.3, -0.25) is 4.79 Å². The molecule has 2 aromatic rings. The average Bonchev–Trinajstić information content (AvgIpc) is 3.24. The molecular formula is C22H17FN6O3S. The number of fused-ring (bicyclic) bond motifs is 1. The lowest BCUT2D eigenvalue weighted by molar-refractivity contribution is -0.119. The number of halogens is 1. The smallest absolute Gasteiger partial charge is 0.333 e. The van der Waals surface area contributed by atoms with Gasteiger partial charge in [-0.05, 0) is 36.8 Å². The minimum atomic E-state index is -0.735. The largest absolute Gasteiger partial charge is 0.494 e. The van der Waals surface area contributed by atoms with Gasteiger partial charge in [0.05, 0.1) is 43.5 Å². The van der Waals surface area contributed by atoms with E-state index < -0.39 is 29.0 Å². The van der Waals surface area contributed by atoms with Gasteiger partial charge in [-0.2, -0.15) is 15.6 Å². The van der Waals surface area contributed by atoms with Gasteiger partial charge >= 0.3 is 6.03 Å². The molecule has 11 heteroatoms. The second-order valence-corrected chi connectivity index (χ2v) is 8.54. The van der Waals surface area contributed by atoms with E-state index in [-0.39, 0.29) is 30.1 Å². The van der Waals surface area contributed by atoms with E-state index in [0.717, 1.165) is 16.5 Å². The fourth-order valence-corrected chi connectivity index (χ4v) is 5.12. The Morgan fingerprint density at radius 1 is 1.27 bits per heavy atom. The van der Waals surface area contributed by atoms with Crippen LogP contribution >= 0.6 is 11.8 Å². The Kier molecular flexibility index (Phi) is 5.99. The second-order valence-electron chi connectivity index (χ2n) is 7.35. The van der Waals surface area contributed by atoms with Gasteiger partial charge in [0.1, 0.15) is 5.25 Å². The van der Waals surface area contributed by atoms with Crippen LogP contribution in [0.3, 0.4) is 0 Å². The van der Waals surface area contributed by atoms with Crippen molar-refractivity contribution >= 4 is 34.4 Å². The number of methoxy groups -OCH3 is 1. The van der Waals surface area contributed by atoms with E-state index >= 15 is 0 Å². The number of nitriles is 2. The van der Waals surface area contributed by atoms with Gasteiger partial charge in [-0.15, -0.1) is 16.9 Å². The summed E-state index contributed by atoms with van der Waals surface area (Å²) < 4.78 is 19.2. The van der Waals surface area contributed by atoms with Crippen molar-refractivity contribution in [3.63, 3.8) is 0 Å². The number of nitrogens with zero attached hydrogens (tertiary/aromatic N) is 6. The molecular weight excluding hydrogens is 447 g/mol. The summed E-state index contributed by atoms with van der Waals surface area (Å²) in [6.07, 6.45) is 3.28. The molecule has 0 spiro atoms. The van der Waals surface area contributed by atoms with Crippen LogP contribution in [-0.4, -0.2) is 52.0 Å². The number of thioether (sulfide) groups is 1. The molecule has 0 aliphatic carbocycles. The maximum atomic E-state index is 14.1. The number of carbonyl (C=O) groups is 2. The van der Waals surface area contributed by atoms with Gasteiger partial charge in [0.2, 0.25) is 0 Å². The fourth-order valence-electron chi connectivity index (χ4n) is 3.76. The van der Waals surface area contributed by atoms with E-state index in [4.69, 9.17) is 10.00 Å². The molecule has 2 unspecified atom stereocenters. The van der Waals surface area contributed by atoms with Gasteiger partial charge in [-0.25, -0.2) is 14.1 Å². The summed E-state index contributed by atoms with van der Waals surface area (Å²) >= 11 is 1.17. The van der Waals surface area contributed by atoms with Crippen molar-refractivity contribution in [2.24, 2.45) is 0 Å². The molecule has 0 N–H and O–H groups in total. The number of ether oxygens (including phenoxy) is 1. The Bertz CT molecular complexity index is 1270. The van der Waals surface area contributed by atoms with Gasteiger partial charge in [0.15, 0.2) is 17.4 Å². The lowest BCUT2D eigenvalue weighted by atomic mass is 10.0. The number of benzene rings is 1. The first-order chi connectivity index (χ1) is 15.9. The van der Waals surface area contributed by atoms with Crippen LogP contribution in [0.15, 0.2) is 30.5 Å². The number of carbonyl (C=O) groups excluding carboxylic acids is 2. The lowest BCUT2D eigenvalue weighted by Gasteiger charge is -2.40. The second kappa shape index (κ2) is 8.88. The number of imide groups is 1. The van der Waals surface area contributed by atoms with Crippen LogP contribution in [-0.2, 0) is 4.79 Å². The highest BCUT2D eigenvalue weighted by molar-refractivity contribution is 8.09. The zero-order chi connectivity index (χ0) is 23.7. The third kappa shape index (κ3) is 3.88. The molecule has 2 atom stereocenters. The molecule has 33 heavy (non-hydrogen) atoms. The van der Waals surface area contributed by atoms with Crippen LogP contribution in [0.5, 0.6) is 5.75 Å². The summed E-state index contributed by atoms with van der Waals surface area (Å²) in [5.74, 6) is -1.10. The van der Waals surface area contributed by atoms with Crippen molar-refractivity contribution < 1.29 is 18.7 Å². The normalized spacial score (nSPS) is 19.6. The maximum absolute atomic E-state index is 14.1. The van der Waals surface area contributed by atoms with Crippen molar-refractivity contribution in [3.8, 4) is 17.9 Å². The zero-order valence-corrected chi connectivity index (χ0v) is 18.5. The third-order valence-corrected chi connectivity index (χ3v) is 6.64. The van der Waals surface area contributed by atoms with Crippen LogP contribution in [0.25, 0.3) is 4.91 Å².